The minimum Gasteiger partial charge on any atom is -0.287 e. The largest absolute Gasteiger partial charge is 0.287 e. The van der Waals surface area contributed by atoms with Crippen LogP contribution in [0.15, 0.2) is 58.4 Å². The van der Waals surface area contributed by atoms with Gasteiger partial charge in [-0.25, -0.2) is 4.99 Å². The van der Waals surface area contributed by atoms with E-state index in [1.54, 1.807) is 11.0 Å². The monoisotopic (exact) mass is 356 g/mol. The molecule has 0 aromatic heterocycles. The van der Waals surface area contributed by atoms with E-state index in [1.165, 1.54) is 17.3 Å². The zero-order valence-corrected chi connectivity index (χ0v) is 15.1. The molecular weight excluding hydrogens is 340 g/mol. The number of thioether (sulfide) groups is 1. The summed E-state index contributed by atoms with van der Waals surface area (Å²) in [5.41, 5.74) is 2.87. The molecule has 0 spiro atoms. The lowest BCUT2D eigenvalue weighted by atomic mass is 10.1. The minimum atomic E-state index is -0.0196. The van der Waals surface area contributed by atoms with Gasteiger partial charge in [0.25, 0.3) is 5.91 Å². The molecule has 0 radical (unpaired) electrons. The van der Waals surface area contributed by atoms with Crippen LogP contribution < -0.4 is 0 Å². The fraction of sp³-hybridized carbons (Fsp3) is 0.158. The Bertz CT molecular complexity index is 828. The average Bonchev–Trinajstić information content (AvgIpc) is 2.87. The van der Waals surface area contributed by atoms with Crippen molar-refractivity contribution in [2.75, 3.05) is 6.54 Å². The molecule has 2 aromatic carbocycles. The Morgan fingerprint density at radius 3 is 2.54 bits per heavy atom. The lowest BCUT2D eigenvalue weighted by Crippen LogP contribution is -2.28. The molecule has 1 fully saturated rings. The smallest absolute Gasteiger partial charge is 0.266 e. The van der Waals surface area contributed by atoms with Gasteiger partial charge in [0.05, 0.1) is 15.6 Å². The summed E-state index contributed by atoms with van der Waals surface area (Å²) in [7, 11) is 0. The molecule has 24 heavy (non-hydrogen) atoms. The SMILES string of the molecule is CCN1C(=O)/C(=C\c2ccc(C)cc2)SC1=Nc1ccccc1Cl. The van der Waals surface area contributed by atoms with Crippen LogP contribution in [0, 0.1) is 6.92 Å². The van der Waals surface area contributed by atoms with Gasteiger partial charge in [0.15, 0.2) is 5.17 Å². The third-order valence-corrected chi connectivity index (χ3v) is 4.97. The number of aliphatic imine (C=N–C) groups is 1. The van der Waals surface area contributed by atoms with E-state index in [1.807, 2.05) is 62.4 Å². The molecule has 1 aliphatic rings. The van der Waals surface area contributed by atoms with Gasteiger partial charge in [-0.05, 0) is 49.4 Å². The lowest BCUT2D eigenvalue weighted by molar-refractivity contribution is -0.122. The van der Waals surface area contributed by atoms with Crippen molar-refractivity contribution in [1.82, 2.24) is 4.90 Å². The molecule has 0 aliphatic carbocycles. The minimum absolute atomic E-state index is 0.0196. The van der Waals surface area contributed by atoms with Crippen LogP contribution in [-0.4, -0.2) is 22.5 Å². The number of hydrogen-bond acceptors (Lipinski definition) is 3. The maximum absolute atomic E-state index is 12.6. The highest BCUT2D eigenvalue weighted by molar-refractivity contribution is 8.18. The first kappa shape index (κ1) is 16.8. The van der Waals surface area contributed by atoms with Crippen LogP contribution in [0.4, 0.5) is 5.69 Å². The van der Waals surface area contributed by atoms with Gasteiger partial charge in [0.2, 0.25) is 0 Å². The van der Waals surface area contributed by atoms with Gasteiger partial charge in [-0.15, -0.1) is 0 Å². The Labute approximate surface area is 151 Å². The van der Waals surface area contributed by atoms with Crippen molar-refractivity contribution in [1.29, 1.82) is 0 Å². The molecule has 3 nitrogen and oxygen atoms in total. The summed E-state index contributed by atoms with van der Waals surface area (Å²) in [4.78, 5) is 19.5. The molecule has 0 bridgehead atoms. The van der Waals surface area contributed by atoms with E-state index in [0.29, 0.717) is 27.3 Å². The summed E-state index contributed by atoms with van der Waals surface area (Å²) >= 11 is 7.56. The van der Waals surface area contributed by atoms with Crippen molar-refractivity contribution in [2.45, 2.75) is 13.8 Å². The molecule has 2 aromatic rings. The fourth-order valence-electron chi connectivity index (χ4n) is 2.33. The second-order valence-corrected chi connectivity index (χ2v) is 6.83. The highest BCUT2D eigenvalue weighted by Crippen LogP contribution is 2.35. The van der Waals surface area contributed by atoms with Gasteiger partial charge < -0.3 is 0 Å². The van der Waals surface area contributed by atoms with Gasteiger partial charge in [0, 0.05) is 6.54 Å². The van der Waals surface area contributed by atoms with E-state index in [0.717, 1.165) is 5.56 Å². The maximum Gasteiger partial charge on any atom is 0.266 e. The first-order chi connectivity index (χ1) is 11.6. The molecule has 0 atom stereocenters. The summed E-state index contributed by atoms with van der Waals surface area (Å²) in [5, 5.41) is 1.24. The molecular formula is C19H17ClN2OS. The number of carbonyl (C=O) groups excluding carboxylic acids is 1. The molecule has 5 heteroatoms. The van der Waals surface area contributed by atoms with Gasteiger partial charge in [-0.1, -0.05) is 53.6 Å². The van der Waals surface area contributed by atoms with E-state index in [2.05, 4.69) is 4.99 Å². The molecule has 0 N–H and O–H groups in total. The number of likely N-dealkylation sites (N-methyl/N-ethyl adjacent to an activating group) is 1. The van der Waals surface area contributed by atoms with E-state index in [9.17, 15) is 4.79 Å². The van der Waals surface area contributed by atoms with Crippen LogP contribution in [0.3, 0.4) is 0 Å². The Morgan fingerprint density at radius 1 is 1.17 bits per heavy atom. The first-order valence-corrected chi connectivity index (χ1v) is 8.89. The molecule has 1 heterocycles. The molecule has 1 aliphatic heterocycles. The van der Waals surface area contributed by atoms with Crippen LogP contribution in [0.2, 0.25) is 5.02 Å². The molecule has 1 saturated heterocycles. The zero-order valence-electron chi connectivity index (χ0n) is 13.5. The van der Waals surface area contributed by atoms with Crippen molar-refractivity contribution in [3.8, 4) is 0 Å². The second kappa shape index (κ2) is 7.24. The predicted octanol–water partition coefficient (Wildman–Crippen LogP) is 5.27. The highest BCUT2D eigenvalue weighted by Gasteiger charge is 2.32. The van der Waals surface area contributed by atoms with Crippen molar-refractivity contribution in [2.24, 2.45) is 4.99 Å². The lowest BCUT2D eigenvalue weighted by Gasteiger charge is -2.12. The molecule has 0 unspecified atom stereocenters. The van der Waals surface area contributed by atoms with Crippen molar-refractivity contribution in [3.05, 3.63) is 69.6 Å². The average molecular weight is 357 g/mol. The van der Waals surface area contributed by atoms with E-state index < -0.39 is 0 Å². The van der Waals surface area contributed by atoms with Crippen LogP contribution >= 0.6 is 23.4 Å². The van der Waals surface area contributed by atoms with Crippen molar-refractivity contribution in [3.63, 3.8) is 0 Å². The van der Waals surface area contributed by atoms with E-state index in [4.69, 9.17) is 11.6 Å². The van der Waals surface area contributed by atoms with Crippen LogP contribution in [0.5, 0.6) is 0 Å². The Hall–Kier alpha value is -2.04. The summed E-state index contributed by atoms with van der Waals surface area (Å²) in [6.07, 6.45) is 1.91. The van der Waals surface area contributed by atoms with Crippen LogP contribution in [0.25, 0.3) is 6.08 Å². The number of amidine groups is 1. The first-order valence-electron chi connectivity index (χ1n) is 7.70. The number of hydrogen-bond donors (Lipinski definition) is 0. The van der Waals surface area contributed by atoms with Gasteiger partial charge in [-0.2, -0.15) is 0 Å². The third-order valence-electron chi connectivity index (χ3n) is 3.65. The fourth-order valence-corrected chi connectivity index (χ4v) is 3.56. The molecule has 3 rings (SSSR count). The number of carbonyl (C=O) groups is 1. The number of nitrogens with zero attached hydrogens (tertiary/aromatic N) is 2. The number of rotatable bonds is 3. The Kier molecular flexibility index (Phi) is 5.07. The van der Waals surface area contributed by atoms with Gasteiger partial charge in [-0.3, -0.25) is 9.69 Å². The molecule has 122 valence electrons. The standard InChI is InChI=1S/C19H17ClN2OS/c1-3-22-18(23)17(12-14-10-8-13(2)9-11-14)24-19(22)21-16-7-5-4-6-15(16)20/h4-12H,3H2,1-2H3/b17-12+,21-19?. The van der Waals surface area contributed by atoms with Crippen molar-refractivity contribution >= 4 is 46.2 Å². The number of para-hydroxylation sites is 1. The summed E-state index contributed by atoms with van der Waals surface area (Å²) < 4.78 is 0. The number of aryl methyl sites for hydroxylation is 1. The highest BCUT2D eigenvalue weighted by atomic mass is 35.5. The quantitative estimate of drug-likeness (QED) is 0.701. The van der Waals surface area contributed by atoms with Crippen molar-refractivity contribution < 1.29 is 4.79 Å². The van der Waals surface area contributed by atoms with Crippen LogP contribution in [-0.2, 0) is 4.79 Å². The summed E-state index contributed by atoms with van der Waals surface area (Å²) in [5.74, 6) is -0.0196. The van der Waals surface area contributed by atoms with E-state index in [-0.39, 0.29) is 5.91 Å². The predicted molar refractivity (Wildman–Crippen MR) is 103 cm³/mol. The second-order valence-electron chi connectivity index (χ2n) is 5.42. The van der Waals surface area contributed by atoms with Gasteiger partial charge >= 0.3 is 0 Å². The molecule has 1 amide bonds. The summed E-state index contributed by atoms with van der Waals surface area (Å²) in [6, 6.07) is 15.5. The normalized spacial score (nSPS) is 18.0. The summed E-state index contributed by atoms with van der Waals surface area (Å²) in [6.45, 7) is 4.55. The van der Waals surface area contributed by atoms with E-state index >= 15 is 0 Å². The van der Waals surface area contributed by atoms with Gasteiger partial charge in [0.1, 0.15) is 0 Å². The third kappa shape index (κ3) is 3.55. The maximum atomic E-state index is 12.6. The number of amides is 1. The zero-order chi connectivity index (χ0) is 17.1. The Balaban J connectivity index is 1.94. The van der Waals surface area contributed by atoms with Crippen LogP contribution in [0.1, 0.15) is 18.1 Å². The number of halogens is 1. The molecule has 0 saturated carbocycles. The topological polar surface area (TPSA) is 32.7 Å². The number of benzene rings is 2. The Morgan fingerprint density at radius 2 is 1.88 bits per heavy atom.